The summed E-state index contributed by atoms with van der Waals surface area (Å²) in [5.74, 6) is 0.944. The molecule has 2 fully saturated rings. The first-order chi connectivity index (χ1) is 5.20. The van der Waals surface area contributed by atoms with E-state index < -0.39 is 6.13 Å². The normalized spacial score (nSPS) is 44.6. The average molecular weight is 208 g/mol. The third-order valence-electron chi connectivity index (χ3n) is 2.98. The van der Waals surface area contributed by atoms with Crippen LogP contribution in [0.4, 0.5) is 0 Å². The van der Waals surface area contributed by atoms with E-state index >= 15 is 0 Å². The van der Waals surface area contributed by atoms with E-state index in [4.69, 9.17) is 16.3 Å². The van der Waals surface area contributed by atoms with Gasteiger partial charge in [0, 0.05) is 0 Å². The summed E-state index contributed by atoms with van der Waals surface area (Å²) in [6, 6.07) is 0. The summed E-state index contributed by atoms with van der Waals surface area (Å²) in [7, 11) is 0. The topological polar surface area (TPSA) is 9.23 Å². The van der Waals surface area contributed by atoms with Crippen LogP contribution in [0, 0.1) is 5.92 Å². The highest BCUT2D eigenvalue weighted by Crippen LogP contribution is 2.54. The van der Waals surface area contributed by atoms with E-state index in [9.17, 15) is 0 Å². The summed E-state index contributed by atoms with van der Waals surface area (Å²) in [5.41, 5.74) is 0.197. The van der Waals surface area contributed by atoms with E-state index in [2.05, 4.69) is 12.2 Å². The molecule has 0 N–H and O–H groups in total. The third-order valence-corrected chi connectivity index (χ3v) is 4.11. The van der Waals surface area contributed by atoms with E-state index in [0.29, 0.717) is 0 Å². The molecule has 0 radical (unpaired) electrons. The summed E-state index contributed by atoms with van der Waals surface area (Å²) in [5, 5.41) is 0. The molecule has 2 aliphatic rings. The second-order valence-electron chi connectivity index (χ2n) is 3.70. The summed E-state index contributed by atoms with van der Waals surface area (Å²) >= 11 is 9.21. The van der Waals surface area contributed by atoms with Gasteiger partial charge in [0.05, 0.1) is 5.60 Å². The first-order valence-corrected chi connectivity index (χ1v) is 7.95. The minimum Gasteiger partial charge on any atom is -0.338 e. The van der Waals surface area contributed by atoms with Crippen LogP contribution in [0.25, 0.3) is 0 Å². The monoisotopic (exact) mass is 208 g/mol. The maximum Gasteiger partial charge on any atom is 0.105 e. The summed E-state index contributed by atoms with van der Waals surface area (Å²) in [4.78, 5) is 0. The molecular weight excluding hydrogens is 195 g/mol. The molecule has 11 heavy (non-hydrogen) atoms. The van der Waals surface area contributed by atoms with Crippen molar-refractivity contribution < 1.29 is 4.52 Å². The van der Waals surface area contributed by atoms with Crippen LogP contribution in [-0.2, 0) is 16.3 Å². The zero-order valence-electron chi connectivity index (χ0n) is 6.38. The van der Waals surface area contributed by atoms with Crippen LogP contribution >= 0.6 is 18.4 Å². The standard InChI is InChI=1S/C7H13OPS2/c10-9(11)8-7-3-1-6(5-7)2-4-7/h6,9H,1-5H2,(H,10,11). The molecule has 64 valence electrons. The van der Waals surface area contributed by atoms with Gasteiger partial charge >= 0.3 is 0 Å². The first-order valence-electron chi connectivity index (χ1n) is 4.12. The molecule has 4 heteroatoms. The fraction of sp³-hybridized carbons (Fsp3) is 1.00. The summed E-state index contributed by atoms with van der Waals surface area (Å²) in [6.07, 6.45) is 5.28. The van der Waals surface area contributed by atoms with Crippen LogP contribution < -0.4 is 0 Å². The van der Waals surface area contributed by atoms with Gasteiger partial charge in [0.25, 0.3) is 0 Å². The lowest BCUT2D eigenvalue weighted by molar-refractivity contribution is 0.104. The lowest BCUT2D eigenvalue weighted by atomic mass is 9.98. The zero-order valence-corrected chi connectivity index (χ0v) is 9.09. The fourth-order valence-corrected chi connectivity index (χ4v) is 4.24. The molecule has 0 aliphatic heterocycles. The number of rotatable bonds is 2. The summed E-state index contributed by atoms with van der Waals surface area (Å²) < 4.78 is 5.77. The predicted octanol–water partition coefficient (Wildman–Crippen LogP) is 2.77. The van der Waals surface area contributed by atoms with Gasteiger partial charge in [-0.1, -0.05) is 11.8 Å². The van der Waals surface area contributed by atoms with Crippen LogP contribution in [0.15, 0.2) is 0 Å². The van der Waals surface area contributed by atoms with Crippen molar-refractivity contribution in [3.8, 4) is 0 Å². The van der Waals surface area contributed by atoms with Gasteiger partial charge in [-0.15, -0.1) is 12.2 Å². The van der Waals surface area contributed by atoms with E-state index in [1.165, 1.54) is 32.1 Å². The Morgan fingerprint density at radius 3 is 2.45 bits per heavy atom. The number of fused-ring (bicyclic) bond motifs is 2. The number of hydrogen-bond donors (Lipinski definition) is 1. The molecule has 0 amide bonds. The van der Waals surface area contributed by atoms with Crippen LogP contribution in [0.1, 0.15) is 32.1 Å². The van der Waals surface area contributed by atoms with E-state index in [1.54, 1.807) is 0 Å². The minimum atomic E-state index is -1.18. The highest BCUT2D eigenvalue weighted by molar-refractivity contribution is 8.54. The van der Waals surface area contributed by atoms with Crippen molar-refractivity contribution in [1.82, 2.24) is 0 Å². The predicted molar refractivity (Wildman–Crippen MR) is 55.1 cm³/mol. The Hall–Kier alpha value is 0.960. The first kappa shape index (κ1) is 8.55. The minimum absolute atomic E-state index is 0.197. The molecule has 2 saturated carbocycles. The Labute approximate surface area is 78.6 Å². The van der Waals surface area contributed by atoms with Crippen molar-refractivity contribution in [3.63, 3.8) is 0 Å². The molecule has 1 nitrogen and oxygen atoms in total. The van der Waals surface area contributed by atoms with Crippen LogP contribution in [0.5, 0.6) is 0 Å². The van der Waals surface area contributed by atoms with Crippen molar-refractivity contribution in [2.45, 2.75) is 37.7 Å². The van der Waals surface area contributed by atoms with Crippen LogP contribution in [-0.4, -0.2) is 5.60 Å². The second-order valence-corrected chi connectivity index (χ2v) is 7.67. The van der Waals surface area contributed by atoms with Gasteiger partial charge in [-0.25, -0.2) is 0 Å². The quantitative estimate of drug-likeness (QED) is 0.552. The van der Waals surface area contributed by atoms with E-state index in [1.807, 2.05) is 0 Å². The molecule has 1 atom stereocenters. The maximum atomic E-state index is 5.77. The Kier molecular flexibility index (Phi) is 2.35. The van der Waals surface area contributed by atoms with Gasteiger partial charge < -0.3 is 4.52 Å². The van der Waals surface area contributed by atoms with Gasteiger partial charge in [0.2, 0.25) is 0 Å². The highest BCUT2D eigenvalue weighted by Gasteiger charge is 2.46. The highest BCUT2D eigenvalue weighted by atomic mass is 32.9. The molecule has 2 rings (SSSR count). The van der Waals surface area contributed by atoms with E-state index in [-0.39, 0.29) is 5.60 Å². The Morgan fingerprint density at radius 1 is 1.45 bits per heavy atom. The average Bonchev–Trinajstić information content (AvgIpc) is 2.43. The van der Waals surface area contributed by atoms with Gasteiger partial charge in [0.15, 0.2) is 0 Å². The molecule has 0 aromatic carbocycles. The van der Waals surface area contributed by atoms with Gasteiger partial charge in [-0.2, -0.15) is 0 Å². The van der Waals surface area contributed by atoms with Gasteiger partial charge in [-0.3, -0.25) is 0 Å². The molecule has 0 aromatic rings. The smallest absolute Gasteiger partial charge is 0.105 e. The third kappa shape index (κ3) is 1.67. The summed E-state index contributed by atoms with van der Waals surface area (Å²) in [6.45, 7) is 0. The van der Waals surface area contributed by atoms with Crippen LogP contribution in [0.2, 0.25) is 0 Å². The molecule has 2 bridgehead atoms. The van der Waals surface area contributed by atoms with Crippen molar-refractivity contribution >= 4 is 30.2 Å². The molecular formula is C7H13OPS2. The van der Waals surface area contributed by atoms with Crippen LogP contribution in [0.3, 0.4) is 0 Å². The molecule has 1 unspecified atom stereocenters. The van der Waals surface area contributed by atoms with Crippen molar-refractivity contribution in [2.24, 2.45) is 5.92 Å². The van der Waals surface area contributed by atoms with E-state index in [0.717, 1.165) is 5.92 Å². The van der Waals surface area contributed by atoms with Crippen molar-refractivity contribution in [2.75, 3.05) is 0 Å². The van der Waals surface area contributed by atoms with Gasteiger partial charge in [0.1, 0.15) is 6.13 Å². The van der Waals surface area contributed by atoms with Crippen molar-refractivity contribution in [1.29, 1.82) is 0 Å². The number of thiol groups is 1. The zero-order chi connectivity index (χ0) is 7.90. The number of hydrogen-bond acceptors (Lipinski definition) is 2. The molecule has 0 saturated heterocycles. The Morgan fingerprint density at radius 2 is 2.09 bits per heavy atom. The second kappa shape index (κ2) is 3.02. The largest absolute Gasteiger partial charge is 0.338 e. The SMILES string of the molecule is S=[PH](S)OC12CCC(CC1)C2. The Balaban J connectivity index is 2.05. The lowest BCUT2D eigenvalue weighted by Gasteiger charge is -2.26. The molecule has 0 heterocycles. The molecule has 0 aromatic heterocycles. The molecule has 0 spiro atoms. The molecule has 2 aliphatic carbocycles. The van der Waals surface area contributed by atoms with Crippen molar-refractivity contribution in [3.05, 3.63) is 0 Å². The lowest BCUT2D eigenvalue weighted by Crippen LogP contribution is -2.22. The van der Waals surface area contributed by atoms with Gasteiger partial charge in [-0.05, 0) is 38.0 Å². The fourth-order valence-electron chi connectivity index (χ4n) is 2.47. The Bertz CT molecular complexity index is 187. The maximum absolute atomic E-state index is 5.77.